The lowest BCUT2D eigenvalue weighted by Gasteiger charge is -2.33. The van der Waals surface area contributed by atoms with Gasteiger partial charge in [0, 0.05) is 55.8 Å². The summed E-state index contributed by atoms with van der Waals surface area (Å²) in [4.78, 5) is 42.7. The van der Waals surface area contributed by atoms with E-state index in [1.54, 1.807) is 4.90 Å². The highest BCUT2D eigenvalue weighted by Crippen LogP contribution is 2.25. The standard InChI is InChI=1S/C19H28N4O5S2/c1-2-28-19(27)22-7-5-13(6-8-22)20-11-14-3-4-16(24)23(14)9-10-29-18-21-15(12-30-18)17(25)26/h12-14,20H,2-11H2,1H3,(H,25,26). The van der Waals surface area contributed by atoms with E-state index in [1.807, 2.05) is 11.8 Å². The van der Waals surface area contributed by atoms with Gasteiger partial charge in [-0.2, -0.15) is 0 Å². The van der Waals surface area contributed by atoms with Gasteiger partial charge in [-0.25, -0.2) is 14.6 Å². The Morgan fingerprint density at radius 3 is 2.80 bits per heavy atom. The number of carboxylic acid groups (broad SMARTS) is 1. The number of hydrogen-bond acceptors (Lipinski definition) is 8. The lowest BCUT2D eigenvalue weighted by atomic mass is 10.0. The smallest absolute Gasteiger partial charge is 0.409 e. The first kappa shape index (κ1) is 22.8. The third kappa shape index (κ3) is 6.08. The highest BCUT2D eigenvalue weighted by atomic mass is 32.2. The minimum atomic E-state index is -1.02. The largest absolute Gasteiger partial charge is 0.476 e. The van der Waals surface area contributed by atoms with Crippen molar-refractivity contribution < 1.29 is 24.2 Å². The van der Waals surface area contributed by atoms with Crippen LogP contribution in [0.15, 0.2) is 9.72 Å². The summed E-state index contributed by atoms with van der Waals surface area (Å²) in [5.41, 5.74) is 0.0656. The van der Waals surface area contributed by atoms with Crippen molar-refractivity contribution >= 4 is 41.1 Å². The minimum absolute atomic E-state index is 0.0656. The van der Waals surface area contributed by atoms with Crippen LogP contribution in [0.3, 0.4) is 0 Å². The number of hydrogen-bond donors (Lipinski definition) is 2. The average Bonchev–Trinajstić information content (AvgIpc) is 3.35. The molecule has 1 aromatic rings. The number of amides is 2. The van der Waals surface area contributed by atoms with Gasteiger partial charge < -0.3 is 25.0 Å². The van der Waals surface area contributed by atoms with Crippen molar-refractivity contribution in [2.45, 2.75) is 49.0 Å². The Bertz CT molecular complexity index is 751. The number of rotatable bonds is 9. The molecule has 2 fully saturated rings. The van der Waals surface area contributed by atoms with Crippen molar-refractivity contribution in [1.82, 2.24) is 20.1 Å². The fourth-order valence-corrected chi connectivity index (χ4v) is 5.56. The summed E-state index contributed by atoms with van der Waals surface area (Å²) in [7, 11) is 0. The Balaban J connectivity index is 1.39. The SMILES string of the molecule is CCOC(=O)N1CCC(NCC2CCC(=O)N2CCSc2nc(C(=O)O)cs2)CC1. The van der Waals surface area contributed by atoms with E-state index in [4.69, 9.17) is 9.84 Å². The van der Waals surface area contributed by atoms with Gasteiger partial charge >= 0.3 is 12.1 Å². The molecule has 3 heterocycles. The van der Waals surface area contributed by atoms with Crippen LogP contribution in [0.5, 0.6) is 0 Å². The third-order valence-electron chi connectivity index (χ3n) is 5.38. The molecule has 3 rings (SSSR count). The summed E-state index contributed by atoms with van der Waals surface area (Å²) >= 11 is 2.80. The second-order valence-corrected chi connectivity index (χ2v) is 9.50. The number of carbonyl (C=O) groups is 3. The summed E-state index contributed by atoms with van der Waals surface area (Å²) in [6, 6.07) is 0.513. The van der Waals surface area contributed by atoms with Crippen LogP contribution in [-0.4, -0.2) is 88.5 Å². The first-order valence-electron chi connectivity index (χ1n) is 10.2. The predicted octanol–water partition coefficient (Wildman–Crippen LogP) is 2.13. The molecule has 0 bridgehead atoms. The van der Waals surface area contributed by atoms with E-state index in [9.17, 15) is 14.4 Å². The zero-order chi connectivity index (χ0) is 21.5. The highest BCUT2D eigenvalue weighted by molar-refractivity contribution is 8.01. The molecule has 9 nitrogen and oxygen atoms in total. The van der Waals surface area contributed by atoms with Crippen LogP contribution in [0, 0.1) is 0 Å². The summed E-state index contributed by atoms with van der Waals surface area (Å²) < 4.78 is 5.76. The molecule has 1 atom stereocenters. The zero-order valence-corrected chi connectivity index (χ0v) is 18.7. The fraction of sp³-hybridized carbons (Fsp3) is 0.684. The summed E-state index contributed by atoms with van der Waals surface area (Å²) in [5, 5.41) is 14.1. The number of aromatic nitrogens is 1. The van der Waals surface area contributed by atoms with E-state index in [0.717, 1.165) is 25.8 Å². The fourth-order valence-electron chi connectivity index (χ4n) is 3.75. The lowest BCUT2D eigenvalue weighted by Crippen LogP contribution is -2.48. The summed E-state index contributed by atoms with van der Waals surface area (Å²) in [6.07, 6.45) is 2.94. The van der Waals surface area contributed by atoms with E-state index in [-0.39, 0.29) is 23.7 Å². The molecule has 1 aromatic heterocycles. The number of thiazole rings is 1. The van der Waals surface area contributed by atoms with Crippen molar-refractivity contribution in [2.75, 3.05) is 38.5 Å². The average molecular weight is 457 g/mol. The lowest BCUT2D eigenvalue weighted by molar-refractivity contribution is -0.128. The van der Waals surface area contributed by atoms with Crippen LogP contribution in [0.4, 0.5) is 4.79 Å². The molecule has 2 aliphatic rings. The summed E-state index contributed by atoms with van der Waals surface area (Å²) in [5.74, 6) is -0.163. The van der Waals surface area contributed by atoms with Gasteiger partial charge in [0.15, 0.2) is 10.0 Å². The molecule has 2 amide bonds. The zero-order valence-electron chi connectivity index (χ0n) is 17.0. The second-order valence-electron chi connectivity index (χ2n) is 7.30. The van der Waals surface area contributed by atoms with Crippen LogP contribution in [-0.2, 0) is 9.53 Å². The van der Waals surface area contributed by atoms with E-state index >= 15 is 0 Å². The number of aromatic carboxylic acids is 1. The molecule has 2 aliphatic heterocycles. The highest BCUT2D eigenvalue weighted by Gasteiger charge is 2.31. The minimum Gasteiger partial charge on any atom is -0.476 e. The quantitative estimate of drug-likeness (QED) is 0.544. The van der Waals surface area contributed by atoms with Gasteiger partial charge in [0.05, 0.1) is 6.61 Å². The van der Waals surface area contributed by atoms with Gasteiger partial charge in [-0.05, 0) is 26.2 Å². The molecule has 30 heavy (non-hydrogen) atoms. The van der Waals surface area contributed by atoms with Crippen LogP contribution < -0.4 is 5.32 Å². The van der Waals surface area contributed by atoms with Gasteiger partial charge in [-0.1, -0.05) is 11.8 Å². The molecule has 0 aliphatic carbocycles. The molecular weight excluding hydrogens is 428 g/mol. The molecule has 166 valence electrons. The number of ether oxygens (including phenoxy) is 1. The normalized spacial score (nSPS) is 20.0. The number of carbonyl (C=O) groups excluding carboxylic acids is 2. The molecule has 0 saturated carbocycles. The van der Waals surface area contributed by atoms with Crippen LogP contribution in [0.1, 0.15) is 43.1 Å². The monoisotopic (exact) mass is 456 g/mol. The van der Waals surface area contributed by atoms with Crippen molar-refractivity contribution in [3.05, 3.63) is 11.1 Å². The van der Waals surface area contributed by atoms with E-state index in [2.05, 4.69) is 10.3 Å². The molecule has 0 aromatic carbocycles. The van der Waals surface area contributed by atoms with Crippen LogP contribution in [0.2, 0.25) is 0 Å². The van der Waals surface area contributed by atoms with E-state index in [0.29, 0.717) is 48.8 Å². The Labute approximate surface area is 184 Å². The summed E-state index contributed by atoms with van der Waals surface area (Å²) in [6.45, 7) is 4.95. The number of likely N-dealkylation sites (tertiary alicyclic amines) is 2. The van der Waals surface area contributed by atoms with Crippen molar-refractivity contribution in [3.8, 4) is 0 Å². The van der Waals surface area contributed by atoms with Crippen LogP contribution in [0.25, 0.3) is 0 Å². The molecule has 1 unspecified atom stereocenters. The van der Waals surface area contributed by atoms with Gasteiger partial charge in [-0.3, -0.25) is 4.79 Å². The van der Waals surface area contributed by atoms with Crippen LogP contribution >= 0.6 is 23.1 Å². The van der Waals surface area contributed by atoms with Crippen molar-refractivity contribution in [3.63, 3.8) is 0 Å². The maximum atomic E-state index is 12.3. The van der Waals surface area contributed by atoms with Crippen molar-refractivity contribution in [2.24, 2.45) is 0 Å². The van der Waals surface area contributed by atoms with Crippen molar-refractivity contribution in [1.29, 1.82) is 0 Å². The first-order chi connectivity index (χ1) is 14.5. The van der Waals surface area contributed by atoms with Gasteiger partial charge in [0.2, 0.25) is 5.91 Å². The number of nitrogens with zero attached hydrogens (tertiary/aromatic N) is 3. The molecule has 0 radical (unpaired) electrons. The van der Waals surface area contributed by atoms with E-state index < -0.39 is 5.97 Å². The maximum Gasteiger partial charge on any atom is 0.409 e. The third-order valence-corrected chi connectivity index (χ3v) is 7.38. The van der Waals surface area contributed by atoms with Gasteiger partial charge in [0.1, 0.15) is 0 Å². The molecule has 2 N–H and O–H groups in total. The molecule has 11 heteroatoms. The number of piperidine rings is 1. The molecular formula is C19H28N4O5S2. The topological polar surface area (TPSA) is 112 Å². The number of thioether (sulfide) groups is 1. The maximum absolute atomic E-state index is 12.3. The Morgan fingerprint density at radius 1 is 1.37 bits per heavy atom. The van der Waals surface area contributed by atoms with Gasteiger partial charge in [-0.15, -0.1) is 11.3 Å². The van der Waals surface area contributed by atoms with E-state index in [1.165, 1.54) is 28.5 Å². The second kappa shape index (κ2) is 11.0. The Morgan fingerprint density at radius 2 is 2.13 bits per heavy atom. The predicted molar refractivity (Wildman–Crippen MR) is 114 cm³/mol. The first-order valence-corrected chi connectivity index (χ1v) is 12.1. The molecule has 0 spiro atoms. The van der Waals surface area contributed by atoms with Gasteiger partial charge in [0.25, 0.3) is 0 Å². The number of nitrogens with one attached hydrogen (secondary N) is 1. The Kier molecular flexibility index (Phi) is 8.34. The molecule has 2 saturated heterocycles. The Hall–Kier alpha value is -1.85. The number of carboxylic acids is 1.